The Balaban J connectivity index is 1.48. The third-order valence-corrected chi connectivity index (χ3v) is 4.57. The van der Waals surface area contributed by atoms with Gasteiger partial charge in [0.15, 0.2) is 0 Å². The Morgan fingerprint density at radius 3 is 2.18 bits per heavy atom. The number of likely N-dealkylation sites (tertiary alicyclic amines) is 2. The van der Waals surface area contributed by atoms with Crippen LogP contribution in [0.15, 0.2) is 30.3 Å². The summed E-state index contributed by atoms with van der Waals surface area (Å²) >= 11 is 0. The van der Waals surface area contributed by atoms with Crippen LogP contribution in [0.5, 0.6) is 0 Å². The SMILES string of the molecule is O=C(Nc1ccccc1)N1CCC(C(=O)N2CCCC2)CC1. The van der Waals surface area contributed by atoms with Gasteiger partial charge in [-0.25, -0.2) is 4.79 Å². The predicted octanol–water partition coefficient (Wildman–Crippen LogP) is 2.55. The highest BCUT2D eigenvalue weighted by Gasteiger charge is 2.31. The van der Waals surface area contributed by atoms with Gasteiger partial charge in [-0.1, -0.05) is 18.2 Å². The second-order valence-corrected chi connectivity index (χ2v) is 6.09. The number of para-hydroxylation sites is 1. The lowest BCUT2D eigenvalue weighted by Crippen LogP contribution is -2.45. The number of nitrogens with zero attached hydrogens (tertiary/aromatic N) is 2. The first-order valence-electron chi connectivity index (χ1n) is 8.14. The molecule has 5 nitrogen and oxygen atoms in total. The number of urea groups is 1. The molecule has 22 heavy (non-hydrogen) atoms. The minimum absolute atomic E-state index is 0.0710. The van der Waals surface area contributed by atoms with Crippen LogP contribution in [-0.4, -0.2) is 47.9 Å². The number of anilines is 1. The predicted molar refractivity (Wildman–Crippen MR) is 85.6 cm³/mol. The summed E-state index contributed by atoms with van der Waals surface area (Å²) in [4.78, 5) is 28.4. The molecule has 2 heterocycles. The Morgan fingerprint density at radius 2 is 1.55 bits per heavy atom. The molecule has 0 bridgehead atoms. The number of hydrogen-bond donors (Lipinski definition) is 1. The summed E-state index contributed by atoms with van der Waals surface area (Å²) in [5.74, 6) is 0.388. The van der Waals surface area contributed by atoms with E-state index in [2.05, 4.69) is 5.32 Å². The molecule has 2 aliphatic rings. The number of rotatable bonds is 2. The van der Waals surface area contributed by atoms with Gasteiger partial charge in [0.2, 0.25) is 5.91 Å². The van der Waals surface area contributed by atoms with Crippen molar-refractivity contribution < 1.29 is 9.59 Å². The summed E-state index contributed by atoms with van der Waals surface area (Å²) in [5.41, 5.74) is 0.808. The number of carbonyl (C=O) groups is 2. The lowest BCUT2D eigenvalue weighted by atomic mass is 9.95. The normalized spacial score (nSPS) is 19.3. The fourth-order valence-electron chi connectivity index (χ4n) is 3.25. The molecule has 3 rings (SSSR count). The fourth-order valence-corrected chi connectivity index (χ4v) is 3.25. The van der Waals surface area contributed by atoms with Gasteiger partial charge >= 0.3 is 6.03 Å². The van der Waals surface area contributed by atoms with Crippen LogP contribution < -0.4 is 5.32 Å². The number of nitrogens with one attached hydrogen (secondary N) is 1. The van der Waals surface area contributed by atoms with Crippen molar-refractivity contribution in [2.24, 2.45) is 5.92 Å². The second-order valence-electron chi connectivity index (χ2n) is 6.09. The van der Waals surface area contributed by atoms with Crippen molar-refractivity contribution in [3.05, 3.63) is 30.3 Å². The van der Waals surface area contributed by atoms with E-state index in [-0.39, 0.29) is 11.9 Å². The molecule has 5 heteroatoms. The maximum absolute atomic E-state index is 12.4. The largest absolute Gasteiger partial charge is 0.342 e. The molecule has 1 aromatic rings. The van der Waals surface area contributed by atoms with E-state index in [1.807, 2.05) is 35.2 Å². The summed E-state index contributed by atoms with van der Waals surface area (Å²) in [6, 6.07) is 9.40. The van der Waals surface area contributed by atoms with Crippen molar-refractivity contribution in [3.63, 3.8) is 0 Å². The summed E-state index contributed by atoms with van der Waals surface area (Å²) in [6.07, 6.45) is 3.81. The van der Waals surface area contributed by atoms with Crippen LogP contribution >= 0.6 is 0 Å². The van der Waals surface area contributed by atoms with Crippen molar-refractivity contribution in [2.75, 3.05) is 31.5 Å². The average Bonchev–Trinajstić information content (AvgIpc) is 3.10. The smallest absolute Gasteiger partial charge is 0.321 e. The Bertz CT molecular complexity index is 518. The van der Waals surface area contributed by atoms with Crippen LogP contribution in [0, 0.1) is 5.92 Å². The lowest BCUT2D eigenvalue weighted by Gasteiger charge is -2.33. The Kier molecular flexibility index (Phi) is 4.61. The molecule has 0 radical (unpaired) electrons. The van der Waals surface area contributed by atoms with Crippen molar-refractivity contribution in [1.29, 1.82) is 0 Å². The first-order valence-corrected chi connectivity index (χ1v) is 8.14. The quantitative estimate of drug-likeness (QED) is 0.912. The van der Waals surface area contributed by atoms with Crippen LogP contribution in [0.3, 0.4) is 0 Å². The van der Waals surface area contributed by atoms with Crippen molar-refractivity contribution in [1.82, 2.24) is 9.80 Å². The molecular formula is C17H23N3O2. The lowest BCUT2D eigenvalue weighted by molar-refractivity contribution is -0.135. The van der Waals surface area contributed by atoms with Gasteiger partial charge in [0.1, 0.15) is 0 Å². The molecule has 0 unspecified atom stereocenters. The van der Waals surface area contributed by atoms with E-state index >= 15 is 0 Å². The highest BCUT2D eigenvalue weighted by molar-refractivity contribution is 5.89. The zero-order valence-electron chi connectivity index (χ0n) is 12.8. The van der Waals surface area contributed by atoms with E-state index in [0.717, 1.165) is 44.5 Å². The number of hydrogen-bond acceptors (Lipinski definition) is 2. The zero-order valence-corrected chi connectivity index (χ0v) is 12.8. The molecule has 2 fully saturated rings. The minimum Gasteiger partial charge on any atom is -0.342 e. The number of benzene rings is 1. The molecule has 0 aliphatic carbocycles. The average molecular weight is 301 g/mol. The summed E-state index contributed by atoms with van der Waals surface area (Å²) < 4.78 is 0. The summed E-state index contributed by atoms with van der Waals surface area (Å²) in [6.45, 7) is 3.13. The topological polar surface area (TPSA) is 52.7 Å². The molecule has 2 aliphatic heterocycles. The van der Waals surface area contributed by atoms with Crippen LogP contribution in [-0.2, 0) is 4.79 Å². The molecule has 0 spiro atoms. The third-order valence-electron chi connectivity index (χ3n) is 4.57. The molecule has 0 saturated carbocycles. The summed E-state index contributed by atoms with van der Waals surface area (Å²) in [7, 11) is 0. The molecule has 2 saturated heterocycles. The minimum atomic E-state index is -0.0710. The van der Waals surface area contributed by atoms with E-state index in [4.69, 9.17) is 0 Å². The Hall–Kier alpha value is -2.04. The van der Waals surface area contributed by atoms with E-state index < -0.39 is 0 Å². The molecule has 1 aromatic carbocycles. The van der Waals surface area contributed by atoms with E-state index in [9.17, 15) is 9.59 Å². The molecule has 0 atom stereocenters. The first-order chi connectivity index (χ1) is 10.7. The van der Waals surface area contributed by atoms with Gasteiger partial charge in [-0.05, 0) is 37.8 Å². The van der Waals surface area contributed by atoms with Crippen LogP contribution in [0.4, 0.5) is 10.5 Å². The maximum Gasteiger partial charge on any atom is 0.321 e. The summed E-state index contributed by atoms with van der Waals surface area (Å²) in [5, 5.41) is 2.90. The van der Waals surface area contributed by atoms with Crippen LogP contribution in [0.2, 0.25) is 0 Å². The number of carbonyl (C=O) groups excluding carboxylic acids is 2. The Labute approximate surface area is 131 Å². The molecule has 0 aromatic heterocycles. The van der Waals surface area contributed by atoms with Gasteiger partial charge in [-0.2, -0.15) is 0 Å². The second kappa shape index (κ2) is 6.81. The van der Waals surface area contributed by atoms with Crippen molar-refractivity contribution in [3.8, 4) is 0 Å². The van der Waals surface area contributed by atoms with Gasteiger partial charge in [0.25, 0.3) is 0 Å². The van der Waals surface area contributed by atoms with E-state index in [0.29, 0.717) is 19.0 Å². The third kappa shape index (κ3) is 3.40. The van der Waals surface area contributed by atoms with Gasteiger partial charge < -0.3 is 15.1 Å². The van der Waals surface area contributed by atoms with E-state index in [1.165, 1.54) is 0 Å². The number of piperidine rings is 1. The van der Waals surface area contributed by atoms with E-state index in [1.54, 1.807) is 4.90 Å². The van der Waals surface area contributed by atoms with Crippen LogP contribution in [0.1, 0.15) is 25.7 Å². The van der Waals surface area contributed by atoms with Gasteiger partial charge in [0, 0.05) is 37.8 Å². The highest BCUT2D eigenvalue weighted by atomic mass is 16.2. The number of amides is 3. The van der Waals surface area contributed by atoms with Crippen molar-refractivity contribution >= 4 is 17.6 Å². The highest BCUT2D eigenvalue weighted by Crippen LogP contribution is 2.22. The van der Waals surface area contributed by atoms with Gasteiger partial charge in [0.05, 0.1) is 0 Å². The zero-order chi connectivity index (χ0) is 15.4. The fraction of sp³-hybridized carbons (Fsp3) is 0.529. The monoisotopic (exact) mass is 301 g/mol. The molecular weight excluding hydrogens is 278 g/mol. The van der Waals surface area contributed by atoms with Crippen molar-refractivity contribution in [2.45, 2.75) is 25.7 Å². The van der Waals surface area contributed by atoms with Gasteiger partial charge in [-0.3, -0.25) is 4.79 Å². The first kappa shape index (κ1) is 14.9. The molecule has 1 N–H and O–H groups in total. The Morgan fingerprint density at radius 1 is 0.909 bits per heavy atom. The molecule has 3 amide bonds. The van der Waals surface area contributed by atoms with Crippen LogP contribution in [0.25, 0.3) is 0 Å². The maximum atomic E-state index is 12.4. The standard InChI is InChI=1S/C17H23N3O2/c21-16(19-10-4-5-11-19)14-8-12-20(13-9-14)17(22)18-15-6-2-1-3-7-15/h1-3,6-7,14H,4-5,8-13H2,(H,18,22). The molecule has 118 valence electrons. The van der Waals surface area contributed by atoms with Gasteiger partial charge in [-0.15, -0.1) is 0 Å².